The van der Waals surface area contributed by atoms with Crippen LogP contribution in [0.15, 0.2) is 24.3 Å². The van der Waals surface area contributed by atoms with Gasteiger partial charge in [-0.05, 0) is 24.5 Å². The van der Waals surface area contributed by atoms with Crippen molar-refractivity contribution in [2.45, 2.75) is 24.7 Å². The Morgan fingerprint density at radius 1 is 1.31 bits per heavy atom. The second-order valence-corrected chi connectivity index (χ2v) is 3.94. The van der Waals surface area contributed by atoms with Crippen molar-refractivity contribution >= 4 is 11.6 Å². The first-order valence-electron chi connectivity index (χ1n) is 4.74. The Morgan fingerprint density at radius 3 is 2.77 bits per heavy atom. The van der Waals surface area contributed by atoms with Gasteiger partial charge in [0.15, 0.2) is 0 Å². The third-order valence-corrected chi connectivity index (χ3v) is 3.33. The molecule has 0 bridgehead atoms. The highest BCUT2D eigenvalue weighted by molar-refractivity contribution is 6.06. The van der Waals surface area contributed by atoms with Gasteiger partial charge in [-0.3, -0.25) is 4.79 Å². The van der Waals surface area contributed by atoms with Crippen molar-refractivity contribution in [1.82, 2.24) is 0 Å². The first kappa shape index (κ1) is 7.13. The molecule has 1 aliphatic carbocycles. The summed E-state index contributed by atoms with van der Waals surface area (Å²) in [4.78, 5) is 11.7. The average Bonchev–Trinajstić information content (AvgIpc) is 2.35. The molecule has 0 radical (unpaired) electrons. The maximum atomic E-state index is 11.7. The van der Waals surface area contributed by atoms with E-state index in [4.69, 9.17) is 0 Å². The van der Waals surface area contributed by atoms with E-state index in [0.29, 0.717) is 0 Å². The molecule has 1 aliphatic heterocycles. The Kier molecular flexibility index (Phi) is 1.17. The van der Waals surface area contributed by atoms with Crippen LogP contribution in [0.4, 0.5) is 5.69 Å². The normalized spacial score (nSPS) is 22.3. The van der Waals surface area contributed by atoms with E-state index in [0.717, 1.165) is 18.5 Å². The lowest BCUT2D eigenvalue weighted by atomic mass is 9.65. The number of para-hydroxylation sites is 1. The zero-order valence-corrected chi connectivity index (χ0v) is 7.34. The van der Waals surface area contributed by atoms with E-state index in [1.54, 1.807) is 0 Å². The third kappa shape index (κ3) is 0.711. The van der Waals surface area contributed by atoms with Crippen molar-refractivity contribution in [2.24, 2.45) is 0 Å². The predicted octanol–water partition coefficient (Wildman–Crippen LogP) is 2.31. The molecule has 1 fully saturated rings. The number of carbonyl (C=O) groups is 1. The Labute approximate surface area is 78.4 Å². The summed E-state index contributed by atoms with van der Waals surface area (Å²) in [7, 11) is 0. The Bertz CT molecular complexity index is 385. The predicted molar refractivity (Wildman–Crippen MR) is 52.7 cm³/mol. The fraction of sp³-hybridized carbons (Fsp3) is 0.364. The van der Waals surface area contributed by atoms with Gasteiger partial charge in [-0.15, -0.1) is 0 Å². The van der Waals surface area contributed by atoms with Crippen LogP contribution in [0, 0.1) is 0 Å². The van der Waals surface area contributed by atoms with Crippen LogP contribution in [0.2, 0.25) is 0 Å². The first-order valence-corrected chi connectivity index (χ1v) is 4.74. The van der Waals surface area contributed by atoms with Crippen molar-refractivity contribution in [3.63, 3.8) is 0 Å². The van der Waals surface area contributed by atoms with Crippen LogP contribution in [0.3, 0.4) is 0 Å². The molecular formula is C11H13NO. The molecule has 68 valence electrons. The minimum absolute atomic E-state index is 0. The Balaban J connectivity index is 0.000000750. The van der Waals surface area contributed by atoms with E-state index in [-0.39, 0.29) is 12.7 Å². The number of benzene rings is 1. The summed E-state index contributed by atoms with van der Waals surface area (Å²) in [5.74, 6) is 0.208. The van der Waals surface area contributed by atoms with Crippen LogP contribution in [-0.4, -0.2) is 5.91 Å². The van der Waals surface area contributed by atoms with Gasteiger partial charge in [-0.25, -0.2) is 0 Å². The molecule has 13 heavy (non-hydrogen) atoms. The molecule has 2 aliphatic rings. The van der Waals surface area contributed by atoms with E-state index < -0.39 is 0 Å². The summed E-state index contributed by atoms with van der Waals surface area (Å²) in [5, 5.41) is 2.95. The van der Waals surface area contributed by atoms with Crippen molar-refractivity contribution in [1.29, 1.82) is 0 Å². The number of hydrogen-bond acceptors (Lipinski definition) is 1. The quantitative estimate of drug-likeness (QED) is 0.644. The van der Waals surface area contributed by atoms with Crippen LogP contribution in [-0.2, 0) is 10.2 Å². The lowest BCUT2D eigenvalue weighted by Gasteiger charge is -2.35. The van der Waals surface area contributed by atoms with E-state index in [2.05, 4.69) is 11.4 Å². The van der Waals surface area contributed by atoms with E-state index in [9.17, 15) is 4.79 Å². The Hall–Kier alpha value is -1.31. The van der Waals surface area contributed by atoms with Gasteiger partial charge in [0.1, 0.15) is 0 Å². The van der Waals surface area contributed by atoms with E-state index >= 15 is 0 Å². The zero-order chi connectivity index (χ0) is 8.89. The highest BCUT2D eigenvalue weighted by Gasteiger charge is 2.50. The standard InChI is InChI=1S/C11H11NO.H2/c13-10-11(6-3-7-11)8-4-1-2-5-9(8)12-10;/h1-2,4-5H,3,6-7H2,(H,12,13);1H. The Morgan fingerprint density at radius 2 is 2.08 bits per heavy atom. The van der Waals surface area contributed by atoms with Crippen LogP contribution in [0.25, 0.3) is 0 Å². The second-order valence-electron chi connectivity index (χ2n) is 3.94. The first-order chi connectivity index (χ1) is 6.33. The van der Waals surface area contributed by atoms with Gasteiger partial charge in [0.05, 0.1) is 5.41 Å². The van der Waals surface area contributed by atoms with E-state index in [1.807, 2.05) is 18.2 Å². The lowest BCUT2D eigenvalue weighted by Crippen LogP contribution is -2.40. The van der Waals surface area contributed by atoms with Gasteiger partial charge >= 0.3 is 0 Å². The van der Waals surface area contributed by atoms with Gasteiger partial charge < -0.3 is 5.32 Å². The molecule has 1 N–H and O–H groups in total. The molecule has 3 rings (SSSR count). The van der Waals surface area contributed by atoms with Gasteiger partial charge in [-0.2, -0.15) is 0 Å². The van der Waals surface area contributed by atoms with Crippen LogP contribution in [0.1, 0.15) is 26.3 Å². The number of rotatable bonds is 0. The largest absolute Gasteiger partial charge is 0.325 e. The fourth-order valence-corrected chi connectivity index (χ4v) is 2.40. The molecule has 1 heterocycles. The molecule has 0 atom stereocenters. The summed E-state index contributed by atoms with van der Waals surface area (Å²) in [6, 6.07) is 8.04. The van der Waals surface area contributed by atoms with Gasteiger partial charge in [0, 0.05) is 7.11 Å². The summed E-state index contributed by atoms with van der Waals surface area (Å²) in [5.41, 5.74) is 2.09. The van der Waals surface area contributed by atoms with E-state index in [1.165, 1.54) is 12.0 Å². The lowest BCUT2D eigenvalue weighted by molar-refractivity contribution is -0.123. The summed E-state index contributed by atoms with van der Waals surface area (Å²) >= 11 is 0. The van der Waals surface area contributed by atoms with Crippen molar-refractivity contribution in [3.05, 3.63) is 29.8 Å². The maximum absolute atomic E-state index is 11.7. The van der Waals surface area contributed by atoms with Crippen molar-refractivity contribution in [2.75, 3.05) is 5.32 Å². The molecule has 2 nitrogen and oxygen atoms in total. The molecule has 1 spiro atoms. The monoisotopic (exact) mass is 175 g/mol. The van der Waals surface area contributed by atoms with Crippen LogP contribution < -0.4 is 5.32 Å². The minimum Gasteiger partial charge on any atom is -0.325 e. The van der Waals surface area contributed by atoms with Crippen molar-refractivity contribution < 1.29 is 6.22 Å². The molecule has 1 amide bonds. The minimum atomic E-state index is -0.142. The second kappa shape index (κ2) is 2.13. The maximum Gasteiger partial charge on any atom is 0.235 e. The molecule has 0 saturated heterocycles. The number of fused-ring (bicyclic) bond motifs is 2. The van der Waals surface area contributed by atoms with Gasteiger partial charge in [0.25, 0.3) is 0 Å². The van der Waals surface area contributed by atoms with Crippen LogP contribution >= 0.6 is 0 Å². The van der Waals surface area contributed by atoms with Gasteiger partial charge in [0.2, 0.25) is 5.91 Å². The number of amides is 1. The number of carbonyl (C=O) groups excluding carboxylic acids is 1. The topological polar surface area (TPSA) is 29.1 Å². The van der Waals surface area contributed by atoms with Crippen LogP contribution in [0.5, 0.6) is 0 Å². The third-order valence-electron chi connectivity index (χ3n) is 3.33. The SMILES string of the molecule is O=C1Nc2ccccc2C12CCC2.[HH]. The summed E-state index contributed by atoms with van der Waals surface area (Å²) in [6.45, 7) is 0. The van der Waals surface area contributed by atoms with Gasteiger partial charge in [-0.1, -0.05) is 24.6 Å². The summed E-state index contributed by atoms with van der Waals surface area (Å²) < 4.78 is 0. The highest BCUT2D eigenvalue weighted by atomic mass is 16.2. The van der Waals surface area contributed by atoms with Crippen molar-refractivity contribution in [3.8, 4) is 0 Å². The molecular weight excluding hydrogens is 162 g/mol. The average molecular weight is 175 g/mol. The molecule has 0 aromatic heterocycles. The molecule has 1 saturated carbocycles. The fourth-order valence-electron chi connectivity index (χ4n) is 2.40. The highest BCUT2D eigenvalue weighted by Crippen LogP contribution is 2.50. The molecule has 1 aromatic rings. The smallest absolute Gasteiger partial charge is 0.235 e. The number of nitrogens with one attached hydrogen (secondary N) is 1. The summed E-state index contributed by atoms with van der Waals surface area (Å²) in [6.07, 6.45) is 3.23. The molecule has 2 heteroatoms. The number of hydrogen-bond donors (Lipinski definition) is 1. The number of anilines is 1. The molecule has 0 unspecified atom stereocenters. The molecule has 1 aromatic carbocycles. The zero-order valence-electron chi connectivity index (χ0n) is 7.34.